The minimum absolute atomic E-state index is 0.0193. The van der Waals surface area contributed by atoms with Gasteiger partial charge in [0.15, 0.2) is 0 Å². The monoisotopic (exact) mass is 680 g/mol. The van der Waals surface area contributed by atoms with Crippen molar-refractivity contribution in [1.82, 2.24) is 0 Å². The van der Waals surface area contributed by atoms with Crippen LogP contribution in [-0.4, -0.2) is 35.7 Å². The summed E-state index contributed by atoms with van der Waals surface area (Å²) in [5.41, 5.74) is 5.48. The SMILES string of the molecule is Oc1ccc(C=Cc2cc(O)cc3c2[C@@H](c2cc(O)cc4c2[C@H](c2cc(O)cc(O)c2)[C@@H](c2ccc(O)cc2)O4)[C@H](c2ccc(O)cc2)O3)cc1. The molecule has 9 heteroatoms. The number of ether oxygens (including phenoxy) is 2. The zero-order chi connectivity index (χ0) is 35.4. The van der Waals surface area contributed by atoms with Gasteiger partial charge in [-0.05, 0) is 94.0 Å². The van der Waals surface area contributed by atoms with Gasteiger partial charge in [0.1, 0.15) is 64.0 Å². The molecular formula is C42H32O9. The van der Waals surface area contributed by atoms with Gasteiger partial charge >= 0.3 is 0 Å². The van der Waals surface area contributed by atoms with Crippen LogP contribution in [0.15, 0.2) is 115 Å². The summed E-state index contributed by atoms with van der Waals surface area (Å²) in [7, 11) is 0. The van der Waals surface area contributed by atoms with Crippen molar-refractivity contribution in [3.8, 4) is 51.7 Å². The first-order valence-corrected chi connectivity index (χ1v) is 16.3. The van der Waals surface area contributed by atoms with Crippen molar-refractivity contribution in [2.24, 2.45) is 0 Å². The largest absolute Gasteiger partial charge is 0.508 e. The molecule has 0 fully saturated rings. The first-order chi connectivity index (χ1) is 24.6. The third-order valence-corrected chi connectivity index (χ3v) is 9.46. The van der Waals surface area contributed by atoms with Crippen molar-refractivity contribution in [3.63, 3.8) is 0 Å². The zero-order valence-corrected chi connectivity index (χ0v) is 26.9. The highest BCUT2D eigenvalue weighted by atomic mass is 16.5. The van der Waals surface area contributed by atoms with Crippen molar-refractivity contribution >= 4 is 12.2 Å². The molecule has 2 aliphatic heterocycles. The molecule has 6 aromatic rings. The van der Waals surface area contributed by atoms with Gasteiger partial charge in [-0.25, -0.2) is 0 Å². The van der Waals surface area contributed by atoms with Gasteiger partial charge in [-0.2, -0.15) is 0 Å². The Morgan fingerprint density at radius 1 is 0.392 bits per heavy atom. The Balaban J connectivity index is 1.37. The molecule has 0 saturated carbocycles. The molecule has 0 amide bonds. The minimum Gasteiger partial charge on any atom is -0.508 e. The normalized spacial score (nSPS) is 19.0. The smallest absolute Gasteiger partial charge is 0.135 e. The molecule has 0 saturated heterocycles. The Kier molecular flexibility index (Phi) is 7.60. The quantitative estimate of drug-likeness (QED) is 0.0858. The van der Waals surface area contributed by atoms with E-state index in [-0.39, 0.29) is 40.2 Å². The van der Waals surface area contributed by atoms with Gasteiger partial charge in [0.05, 0.1) is 11.8 Å². The average Bonchev–Trinajstić information content (AvgIpc) is 3.67. The highest BCUT2D eigenvalue weighted by Crippen LogP contribution is 2.59. The minimum atomic E-state index is -0.694. The highest BCUT2D eigenvalue weighted by Gasteiger charge is 2.46. The Hall–Kier alpha value is -6.74. The second-order valence-electron chi connectivity index (χ2n) is 12.8. The summed E-state index contributed by atoms with van der Waals surface area (Å²) >= 11 is 0. The maximum absolute atomic E-state index is 11.3. The number of hydrogen-bond donors (Lipinski definition) is 7. The molecule has 2 aliphatic rings. The van der Waals surface area contributed by atoms with E-state index in [9.17, 15) is 35.7 Å². The third-order valence-electron chi connectivity index (χ3n) is 9.46. The molecule has 2 heterocycles. The number of rotatable bonds is 6. The predicted molar refractivity (Wildman–Crippen MR) is 190 cm³/mol. The van der Waals surface area contributed by atoms with Crippen molar-refractivity contribution < 1.29 is 45.2 Å². The summed E-state index contributed by atoms with van der Waals surface area (Å²) in [5, 5.41) is 73.4. The van der Waals surface area contributed by atoms with E-state index in [2.05, 4.69) is 0 Å². The van der Waals surface area contributed by atoms with Crippen molar-refractivity contribution in [1.29, 1.82) is 0 Å². The maximum Gasteiger partial charge on any atom is 0.135 e. The molecule has 0 unspecified atom stereocenters. The van der Waals surface area contributed by atoms with Gasteiger partial charge in [0.25, 0.3) is 0 Å². The fourth-order valence-corrected chi connectivity index (χ4v) is 7.31. The molecule has 254 valence electrons. The van der Waals surface area contributed by atoms with Crippen LogP contribution < -0.4 is 9.47 Å². The Morgan fingerprint density at radius 3 is 1.43 bits per heavy atom. The molecule has 7 N–H and O–H groups in total. The highest BCUT2D eigenvalue weighted by molar-refractivity contribution is 5.76. The van der Waals surface area contributed by atoms with Gasteiger partial charge in [-0.15, -0.1) is 0 Å². The van der Waals surface area contributed by atoms with Crippen LogP contribution in [-0.2, 0) is 0 Å². The first kappa shape index (κ1) is 31.5. The number of hydrogen-bond acceptors (Lipinski definition) is 9. The lowest BCUT2D eigenvalue weighted by atomic mass is 9.75. The molecule has 0 aromatic heterocycles. The van der Waals surface area contributed by atoms with Gasteiger partial charge < -0.3 is 45.2 Å². The fourth-order valence-electron chi connectivity index (χ4n) is 7.31. The molecule has 8 rings (SSSR count). The van der Waals surface area contributed by atoms with Crippen molar-refractivity contribution in [2.75, 3.05) is 0 Å². The molecule has 4 atom stereocenters. The van der Waals surface area contributed by atoms with Gasteiger partial charge in [0.2, 0.25) is 0 Å². The van der Waals surface area contributed by atoms with Gasteiger partial charge in [-0.3, -0.25) is 0 Å². The molecule has 51 heavy (non-hydrogen) atoms. The van der Waals surface area contributed by atoms with E-state index in [1.54, 1.807) is 103 Å². The van der Waals surface area contributed by atoms with Gasteiger partial charge in [-0.1, -0.05) is 48.6 Å². The van der Waals surface area contributed by atoms with Crippen LogP contribution in [0.5, 0.6) is 51.7 Å². The molecule has 0 bridgehead atoms. The van der Waals surface area contributed by atoms with Crippen LogP contribution in [0, 0.1) is 0 Å². The number of aromatic hydroxyl groups is 7. The number of phenolic OH excluding ortho intramolecular Hbond substituents is 7. The van der Waals surface area contributed by atoms with Crippen LogP contribution in [0.4, 0.5) is 0 Å². The van der Waals surface area contributed by atoms with E-state index < -0.39 is 24.0 Å². The standard InChI is InChI=1S/C42H32O9/c43-27-9-2-22(3-10-27)1-4-25-15-32(48)20-35-37(25)40(42(50-35)24-7-13-29(45)14-8-24)34-19-33(49)21-36-39(34)38(26-16-30(46)18-31(47)17-26)41(51-36)23-5-11-28(44)12-6-23/h1-21,38,40-49H/t38-,40+,41+,42-/m0/s1. The van der Waals surface area contributed by atoms with Crippen LogP contribution >= 0.6 is 0 Å². The molecular weight excluding hydrogens is 648 g/mol. The van der Waals surface area contributed by atoms with Crippen molar-refractivity contribution in [3.05, 3.63) is 160 Å². The lowest BCUT2D eigenvalue weighted by Crippen LogP contribution is -2.16. The van der Waals surface area contributed by atoms with E-state index >= 15 is 0 Å². The summed E-state index contributed by atoms with van der Waals surface area (Å²) in [6, 6.07) is 30.7. The van der Waals surface area contributed by atoms with E-state index in [1.807, 2.05) is 12.2 Å². The molecule has 6 aromatic carbocycles. The maximum atomic E-state index is 11.3. The topological polar surface area (TPSA) is 160 Å². The molecule has 0 radical (unpaired) electrons. The third kappa shape index (κ3) is 5.84. The zero-order valence-electron chi connectivity index (χ0n) is 26.9. The Labute approximate surface area is 292 Å². The van der Waals surface area contributed by atoms with E-state index in [4.69, 9.17) is 9.47 Å². The van der Waals surface area contributed by atoms with E-state index in [1.165, 1.54) is 12.1 Å². The molecule has 0 aliphatic carbocycles. The van der Waals surface area contributed by atoms with Crippen molar-refractivity contribution in [2.45, 2.75) is 24.0 Å². The molecule has 0 spiro atoms. The van der Waals surface area contributed by atoms with E-state index in [0.717, 1.165) is 16.7 Å². The summed E-state index contributed by atoms with van der Waals surface area (Å²) in [6.07, 6.45) is 2.32. The van der Waals surface area contributed by atoms with Gasteiger partial charge in [0, 0.05) is 29.3 Å². The number of benzene rings is 6. The summed E-state index contributed by atoms with van der Waals surface area (Å²) < 4.78 is 13.3. The van der Waals surface area contributed by atoms with Crippen LogP contribution in [0.2, 0.25) is 0 Å². The second-order valence-corrected chi connectivity index (χ2v) is 12.8. The number of fused-ring (bicyclic) bond motifs is 2. The lowest BCUT2D eigenvalue weighted by Gasteiger charge is -2.26. The Morgan fingerprint density at radius 2 is 0.863 bits per heavy atom. The summed E-state index contributed by atoms with van der Waals surface area (Å²) in [4.78, 5) is 0. The number of phenols is 7. The predicted octanol–water partition coefficient (Wildman–Crippen LogP) is 8.33. The summed E-state index contributed by atoms with van der Waals surface area (Å²) in [6.45, 7) is 0. The summed E-state index contributed by atoms with van der Waals surface area (Å²) in [5.74, 6) is -0.504. The van der Waals surface area contributed by atoms with E-state index in [0.29, 0.717) is 39.3 Å². The first-order valence-electron chi connectivity index (χ1n) is 16.3. The van der Waals surface area contributed by atoms with Crippen LogP contribution in [0.1, 0.15) is 68.6 Å². The Bertz CT molecular complexity index is 2270. The fraction of sp³-hybridized carbons (Fsp3) is 0.0952. The van der Waals surface area contributed by atoms with Crippen LogP contribution in [0.25, 0.3) is 12.2 Å². The average molecular weight is 681 g/mol. The van der Waals surface area contributed by atoms with Crippen LogP contribution in [0.3, 0.4) is 0 Å². The second kappa shape index (κ2) is 12.3. The molecule has 9 nitrogen and oxygen atoms in total. The lowest BCUT2D eigenvalue weighted by molar-refractivity contribution is 0.219.